The molecular weight excluding hydrogens is 457 g/mol. The fourth-order valence-electron chi connectivity index (χ4n) is 3.14. The van der Waals surface area contributed by atoms with Crippen molar-refractivity contribution in [2.45, 2.75) is 52.4 Å². The maximum absolute atomic E-state index is 11.7. The Morgan fingerprint density at radius 2 is 1.76 bits per heavy atom. The number of ether oxygens (including phenoxy) is 2. The predicted molar refractivity (Wildman–Crippen MR) is 138 cm³/mol. The van der Waals surface area contributed by atoms with Crippen LogP contribution in [-0.2, 0) is 15.9 Å². The number of hydrogen-bond donors (Lipinski definition) is 1. The lowest BCUT2D eigenvalue weighted by atomic mass is 9.80. The Hall–Kier alpha value is -2.50. The molecule has 1 aromatic carbocycles. The van der Waals surface area contributed by atoms with Gasteiger partial charge in [0.1, 0.15) is 0 Å². The van der Waals surface area contributed by atoms with Crippen molar-refractivity contribution < 1.29 is 23.7 Å². The van der Waals surface area contributed by atoms with Crippen LogP contribution in [0.2, 0.25) is 0 Å². The fraction of sp³-hybridized carbons (Fsp3) is 0.522. The minimum absolute atomic E-state index is 0.147. The summed E-state index contributed by atoms with van der Waals surface area (Å²) in [5.74, 6) is 1.41. The van der Waals surface area contributed by atoms with Crippen LogP contribution in [0.5, 0.6) is 11.5 Å². The standard InChI is InChI=1S/C21H28BN3O6.C2H6S/c1-7-29-18-10-14(8-9-17(18)28-6)12-23-19-16(25(26)27)11-15(13-24-19)22-30-20(2,3)21(4,5)31-22;1-3-2/h8-11,13H,7,12H2,1-6H3,(H,23,24);1-2H3. The molecule has 9 nitrogen and oxygen atoms in total. The minimum atomic E-state index is -0.722. The maximum atomic E-state index is 11.7. The van der Waals surface area contributed by atoms with E-state index in [2.05, 4.69) is 10.3 Å². The first-order valence-corrected chi connectivity index (χ1v) is 12.6. The topological polar surface area (TPSA) is 105 Å². The Morgan fingerprint density at radius 3 is 2.29 bits per heavy atom. The van der Waals surface area contributed by atoms with Crippen LogP contribution < -0.4 is 20.3 Å². The van der Waals surface area contributed by atoms with Crippen molar-refractivity contribution in [1.29, 1.82) is 0 Å². The van der Waals surface area contributed by atoms with Gasteiger partial charge in [0.15, 0.2) is 11.5 Å². The zero-order valence-corrected chi connectivity index (χ0v) is 21.9. The summed E-state index contributed by atoms with van der Waals surface area (Å²) in [6, 6.07) is 6.93. The van der Waals surface area contributed by atoms with Gasteiger partial charge in [-0.05, 0) is 64.8 Å². The predicted octanol–water partition coefficient (Wildman–Crippen LogP) is 4.29. The van der Waals surface area contributed by atoms with E-state index in [1.165, 1.54) is 12.3 Å². The van der Waals surface area contributed by atoms with Crippen LogP contribution in [0.1, 0.15) is 40.2 Å². The van der Waals surface area contributed by atoms with Crippen molar-refractivity contribution in [2.75, 3.05) is 31.5 Å². The highest BCUT2D eigenvalue weighted by atomic mass is 32.2. The van der Waals surface area contributed by atoms with Crippen LogP contribution in [0.25, 0.3) is 0 Å². The lowest BCUT2D eigenvalue weighted by molar-refractivity contribution is -0.384. The van der Waals surface area contributed by atoms with Gasteiger partial charge in [-0.3, -0.25) is 10.1 Å². The number of nitrogens with one attached hydrogen (secondary N) is 1. The van der Waals surface area contributed by atoms with E-state index in [9.17, 15) is 10.1 Å². The molecule has 1 aliphatic heterocycles. The fourth-order valence-corrected chi connectivity index (χ4v) is 3.14. The van der Waals surface area contributed by atoms with Gasteiger partial charge in [0.05, 0.1) is 29.8 Å². The molecule has 0 bridgehead atoms. The number of hydrogen-bond acceptors (Lipinski definition) is 9. The molecule has 0 amide bonds. The Morgan fingerprint density at radius 1 is 1.15 bits per heavy atom. The Labute approximate surface area is 206 Å². The zero-order chi connectivity index (χ0) is 25.5. The summed E-state index contributed by atoms with van der Waals surface area (Å²) in [5.41, 5.74) is 0.131. The summed E-state index contributed by atoms with van der Waals surface area (Å²) in [5, 5.41) is 14.7. The number of thioether (sulfide) groups is 1. The summed E-state index contributed by atoms with van der Waals surface area (Å²) >= 11 is 1.75. The SMILES string of the molecule is CCOc1cc(CNc2ncc(B3OC(C)(C)C(C)(C)O3)cc2[N+](=O)[O-])ccc1OC.CSC. The summed E-state index contributed by atoms with van der Waals surface area (Å²) < 4.78 is 22.8. The highest BCUT2D eigenvalue weighted by Crippen LogP contribution is 2.37. The third-order valence-electron chi connectivity index (χ3n) is 5.60. The minimum Gasteiger partial charge on any atom is -0.493 e. The molecule has 2 aromatic rings. The highest BCUT2D eigenvalue weighted by Gasteiger charge is 2.52. The molecule has 1 aromatic heterocycles. The normalized spacial score (nSPS) is 15.8. The van der Waals surface area contributed by atoms with E-state index in [1.54, 1.807) is 24.9 Å². The van der Waals surface area contributed by atoms with E-state index in [-0.39, 0.29) is 11.5 Å². The molecule has 34 heavy (non-hydrogen) atoms. The first-order valence-electron chi connectivity index (χ1n) is 10.9. The maximum Gasteiger partial charge on any atom is 0.496 e. The number of nitro groups is 1. The molecule has 0 unspecified atom stereocenters. The first kappa shape index (κ1) is 27.7. The number of methoxy groups -OCH3 is 1. The number of rotatable bonds is 8. The largest absolute Gasteiger partial charge is 0.496 e. The number of pyridine rings is 1. The lowest BCUT2D eigenvalue weighted by Crippen LogP contribution is -2.41. The van der Waals surface area contributed by atoms with E-state index in [1.807, 2.05) is 59.3 Å². The number of aromatic nitrogens is 1. The second-order valence-electron chi connectivity index (χ2n) is 8.66. The monoisotopic (exact) mass is 491 g/mol. The molecule has 1 N–H and O–H groups in total. The molecule has 1 saturated heterocycles. The van der Waals surface area contributed by atoms with Crippen molar-refractivity contribution in [3.05, 3.63) is 46.1 Å². The van der Waals surface area contributed by atoms with Gasteiger partial charge in [0.25, 0.3) is 0 Å². The number of benzene rings is 1. The van der Waals surface area contributed by atoms with E-state index >= 15 is 0 Å². The molecule has 0 spiro atoms. The van der Waals surface area contributed by atoms with Crippen molar-refractivity contribution in [1.82, 2.24) is 4.98 Å². The number of nitrogens with zero attached hydrogens (tertiary/aromatic N) is 2. The van der Waals surface area contributed by atoms with Crippen molar-refractivity contribution in [2.24, 2.45) is 0 Å². The third kappa shape index (κ3) is 6.55. The van der Waals surface area contributed by atoms with Crippen LogP contribution >= 0.6 is 11.8 Å². The second-order valence-corrected chi connectivity index (χ2v) is 9.48. The van der Waals surface area contributed by atoms with Crippen molar-refractivity contribution >= 4 is 35.8 Å². The molecule has 2 heterocycles. The Bertz CT molecular complexity index is 973. The van der Waals surface area contributed by atoms with Gasteiger partial charge < -0.3 is 24.1 Å². The van der Waals surface area contributed by atoms with Gasteiger partial charge in [-0.2, -0.15) is 11.8 Å². The molecule has 3 rings (SSSR count). The molecule has 0 radical (unpaired) electrons. The van der Waals surface area contributed by atoms with Crippen LogP contribution in [0.3, 0.4) is 0 Å². The summed E-state index contributed by atoms with van der Waals surface area (Å²) in [4.78, 5) is 15.5. The van der Waals surface area contributed by atoms with Gasteiger partial charge in [-0.25, -0.2) is 4.98 Å². The first-order chi connectivity index (χ1) is 16.0. The zero-order valence-electron chi connectivity index (χ0n) is 21.1. The average molecular weight is 491 g/mol. The molecule has 0 atom stereocenters. The molecular formula is C23H34BN3O6S. The van der Waals surface area contributed by atoms with Gasteiger partial charge in [-0.1, -0.05) is 6.07 Å². The van der Waals surface area contributed by atoms with E-state index in [0.717, 1.165) is 5.56 Å². The van der Waals surface area contributed by atoms with Gasteiger partial charge in [-0.15, -0.1) is 0 Å². The van der Waals surface area contributed by atoms with Crippen LogP contribution in [0.15, 0.2) is 30.5 Å². The molecule has 1 aliphatic rings. The molecule has 11 heteroatoms. The molecule has 0 aliphatic carbocycles. The smallest absolute Gasteiger partial charge is 0.493 e. The van der Waals surface area contributed by atoms with Gasteiger partial charge in [0.2, 0.25) is 5.82 Å². The lowest BCUT2D eigenvalue weighted by Gasteiger charge is -2.32. The quantitative estimate of drug-likeness (QED) is 0.329. The Balaban J connectivity index is 0.00000129. The van der Waals surface area contributed by atoms with Crippen LogP contribution in [-0.4, -0.2) is 54.5 Å². The van der Waals surface area contributed by atoms with E-state index in [0.29, 0.717) is 30.1 Å². The highest BCUT2D eigenvalue weighted by molar-refractivity contribution is 7.97. The Kier molecular flexibility index (Phi) is 9.60. The van der Waals surface area contributed by atoms with Crippen LogP contribution in [0.4, 0.5) is 11.5 Å². The van der Waals surface area contributed by atoms with Crippen molar-refractivity contribution in [3.8, 4) is 11.5 Å². The van der Waals surface area contributed by atoms with Gasteiger partial charge >= 0.3 is 12.8 Å². The van der Waals surface area contributed by atoms with Crippen molar-refractivity contribution in [3.63, 3.8) is 0 Å². The van der Waals surface area contributed by atoms with E-state index in [4.69, 9.17) is 18.8 Å². The van der Waals surface area contributed by atoms with Crippen LogP contribution in [0, 0.1) is 10.1 Å². The average Bonchev–Trinajstić information content (AvgIpc) is 3.00. The molecule has 0 saturated carbocycles. The number of anilines is 1. The summed E-state index contributed by atoms with van der Waals surface area (Å²) in [7, 11) is 0.852. The van der Waals surface area contributed by atoms with E-state index < -0.39 is 23.2 Å². The third-order valence-corrected chi connectivity index (χ3v) is 5.60. The summed E-state index contributed by atoms with van der Waals surface area (Å²) in [6.07, 6.45) is 5.62. The summed E-state index contributed by atoms with van der Waals surface area (Å²) in [6.45, 7) is 10.4. The second kappa shape index (κ2) is 11.8. The molecule has 186 valence electrons. The molecule has 1 fully saturated rings. The van der Waals surface area contributed by atoms with Gasteiger partial charge in [0, 0.05) is 24.3 Å².